The molecule has 0 fully saturated rings. The molecule has 4 heteroatoms. The van der Waals surface area contributed by atoms with Crippen LogP contribution in [0.3, 0.4) is 0 Å². The van der Waals surface area contributed by atoms with Crippen molar-refractivity contribution < 1.29 is 9.53 Å². The van der Waals surface area contributed by atoms with Crippen molar-refractivity contribution in [3.8, 4) is 5.88 Å². The van der Waals surface area contributed by atoms with Crippen molar-refractivity contribution in [1.29, 1.82) is 0 Å². The van der Waals surface area contributed by atoms with Crippen molar-refractivity contribution >= 4 is 6.29 Å². The molecule has 1 aromatic rings. The second kappa shape index (κ2) is 3.90. The molecule has 0 saturated carbocycles. The first kappa shape index (κ1) is 8.77. The van der Waals surface area contributed by atoms with Crippen molar-refractivity contribution in [3.63, 3.8) is 0 Å². The molecule has 0 radical (unpaired) electrons. The normalized spacial score (nSPS) is 9.83. The van der Waals surface area contributed by atoms with E-state index in [1.165, 1.54) is 7.11 Å². The van der Waals surface area contributed by atoms with Crippen LogP contribution in [0.2, 0.25) is 0 Å². The highest BCUT2D eigenvalue weighted by Gasteiger charge is 2.06. The van der Waals surface area contributed by atoms with Crippen LogP contribution < -0.4 is 4.74 Å². The van der Waals surface area contributed by atoms with Crippen molar-refractivity contribution in [2.24, 2.45) is 0 Å². The molecule has 0 bridgehead atoms. The predicted molar refractivity (Wildman–Crippen MR) is 44.5 cm³/mol. The summed E-state index contributed by atoms with van der Waals surface area (Å²) in [6.07, 6.45) is 3.43. The Balaban J connectivity index is 2.88. The van der Waals surface area contributed by atoms with Gasteiger partial charge in [0.1, 0.15) is 0 Å². The second-order valence-corrected chi connectivity index (χ2v) is 2.47. The average Bonchev–Trinajstić information content (AvgIpc) is 2.48. The average molecular weight is 168 g/mol. The molecule has 66 valence electrons. The summed E-state index contributed by atoms with van der Waals surface area (Å²) in [7, 11) is 1.51. The zero-order valence-electron chi connectivity index (χ0n) is 7.28. The number of rotatable bonds is 4. The first-order valence-electron chi connectivity index (χ1n) is 3.88. The second-order valence-electron chi connectivity index (χ2n) is 2.47. The largest absolute Gasteiger partial charge is 0.479 e. The number of hydrogen-bond donors (Lipinski definition) is 0. The van der Waals surface area contributed by atoms with Gasteiger partial charge in [-0.1, -0.05) is 6.92 Å². The van der Waals surface area contributed by atoms with Gasteiger partial charge in [0.05, 0.1) is 12.7 Å². The Kier molecular flexibility index (Phi) is 2.85. The van der Waals surface area contributed by atoms with Crippen molar-refractivity contribution in [2.75, 3.05) is 7.11 Å². The summed E-state index contributed by atoms with van der Waals surface area (Å²) in [5, 5.41) is 4.05. The van der Waals surface area contributed by atoms with E-state index >= 15 is 0 Å². The topological polar surface area (TPSA) is 44.1 Å². The molecule has 1 rings (SSSR count). The van der Waals surface area contributed by atoms with Gasteiger partial charge in [0, 0.05) is 12.7 Å². The van der Waals surface area contributed by atoms with Gasteiger partial charge in [-0.05, 0) is 6.42 Å². The Bertz CT molecular complexity index is 268. The van der Waals surface area contributed by atoms with Crippen LogP contribution in [-0.4, -0.2) is 23.2 Å². The third kappa shape index (κ3) is 1.64. The summed E-state index contributed by atoms with van der Waals surface area (Å²) in [6, 6.07) is 0. The zero-order valence-corrected chi connectivity index (χ0v) is 7.28. The Morgan fingerprint density at radius 2 is 2.50 bits per heavy atom. The van der Waals surface area contributed by atoms with Crippen LogP contribution in [0, 0.1) is 0 Å². The monoisotopic (exact) mass is 168 g/mol. The molecule has 0 spiro atoms. The molecule has 0 aliphatic carbocycles. The van der Waals surface area contributed by atoms with E-state index in [1.54, 1.807) is 10.9 Å². The molecule has 0 atom stereocenters. The molecule has 0 aromatic carbocycles. The van der Waals surface area contributed by atoms with E-state index < -0.39 is 0 Å². The van der Waals surface area contributed by atoms with E-state index in [9.17, 15) is 4.79 Å². The van der Waals surface area contributed by atoms with Crippen LogP contribution >= 0.6 is 0 Å². The number of aryl methyl sites for hydroxylation is 1. The molecule has 12 heavy (non-hydrogen) atoms. The molecule has 1 heterocycles. The number of hydrogen-bond acceptors (Lipinski definition) is 3. The Hall–Kier alpha value is -1.32. The van der Waals surface area contributed by atoms with E-state index in [4.69, 9.17) is 4.74 Å². The van der Waals surface area contributed by atoms with Crippen LogP contribution in [0.4, 0.5) is 0 Å². The molecular weight excluding hydrogens is 156 g/mol. The Morgan fingerprint density at radius 3 is 2.92 bits per heavy atom. The van der Waals surface area contributed by atoms with Crippen molar-refractivity contribution in [3.05, 3.63) is 11.8 Å². The molecule has 0 amide bonds. The van der Waals surface area contributed by atoms with Gasteiger partial charge in [-0.15, -0.1) is 5.10 Å². The van der Waals surface area contributed by atoms with E-state index in [2.05, 4.69) is 12.0 Å². The highest BCUT2D eigenvalue weighted by Crippen LogP contribution is 2.12. The van der Waals surface area contributed by atoms with Crippen LogP contribution in [-0.2, 0) is 6.54 Å². The molecule has 0 saturated heterocycles. The van der Waals surface area contributed by atoms with Gasteiger partial charge >= 0.3 is 0 Å². The van der Waals surface area contributed by atoms with Gasteiger partial charge in [-0.3, -0.25) is 9.48 Å². The fourth-order valence-corrected chi connectivity index (χ4v) is 1.00. The number of aldehydes is 1. The summed E-state index contributed by atoms with van der Waals surface area (Å²) >= 11 is 0. The van der Waals surface area contributed by atoms with Gasteiger partial charge < -0.3 is 4.74 Å². The van der Waals surface area contributed by atoms with Gasteiger partial charge in [0.2, 0.25) is 5.88 Å². The molecule has 0 aliphatic rings. The molecule has 0 aliphatic heterocycles. The van der Waals surface area contributed by atoms with Crippen LogP contribution in [0.15, 0.2) is 6.20 Å². The Labute approximate surface area is 71.1 Å². The van der Waals surface area contributed by atoms with Crippen molar-refractivity contribution in [1.82, 2.24) is 9.78 Å². The lowest BCUT2D eigenvalue weighted by Gasteiger charge is -1.94. The molecule has 4 nitrogen and oxygen atoms in total. The third-order valence-electron chi connectivity index (χ3n) is 1.53. The lowest BCUT2D eigenvalue weighted by Crippen LogP contribution is -1.96. The highest BCUT2D eigenvalue weighted by atomic mass is 16.5. The quantitative estimate of drug-likeness (QED) is 0.632. The SMILES string of the molecule is CCCn1cc(C=O)c(OC)n1. The third-order valence-corrected chi connectivity index (χ3v) is 1.53. The number of ether oxygens (including phenoxy) is 1. The summed E-state index contributed by atoms with van der Waals surface area (Å²) in [4.78, 5) is 10.5. The van der Waals surface area contributed by atoms with E-state index in [1.807, 2.05) is 0 Å². The summed E-state index contributed by atoms with van der Waals surface area (Å²) in [5.74, 6) is 0.401. The minimum atomic E-state index is 0.401. The summed E-state index contributed by atoms with van der Waals surface area (Å²) < 4.78 is 6.61. The number of carbonyl (C=O) groups is 1. The highest BCUT2D eigenvalue weighted by molar-refractivity contribution is 5.77. The van der Waals surface area contributed by atoms with Gasteiger partial charge in [-0.25, -0.2) is 0 Å². The number of nitrogens with zero attached hydrogens (tertiary/aromatic N) is 2. The number of carbonyl (C=O) groups excluding carboxylic acids is 1. The fourth-order valence-electron chi connectivity index (χ4n) is 1.00. The maximum absolute atomic E-state index is 10.5. The smallest absolute Gasteiger partial charge is 0.243 e. The minimum absolute atomic E-state index is 0.401. The summed E-state index contributed by atoms with van der Waals surface area (Å²) in [6.45, 7) is 2.86. The number of aromatic nitrogens is 2. The van der Waals surface area contributed by atoms with Crippen LogP contribution in [0.5, 0.6) is 5.88 Å². The maximum atomic E-state index is 10.5. The Morgan fingerprint density at radius 1 is 1.75 bits per heavy atom. The first-order chi connectivity index (χ1) is 5.81. The zero-order chi connectivity index (χ0) is 8.97. The molecule has 0 N–H and O–H groups in total. The summed E-state index contributed by atoms with van der Waals surface area (Å²) in [5.41, 5.74) is 0.506. The van der Waals surface area contributed by atoms with Gasteiger partial charge in [0.25, 0.3) is 0 Å². The molecular formula is C8H12N2O2. The van der Waals surface area contributed by atoms with E-state index in [-0.39, 0.29) is 0 Å². The minimum Gasteiger partial charge on any atom is -0.479 e. The van der Waals surface area contributed by atoms with Gasteiger partial charge in [0.15, 0.2) is 6.29 Å². The van der Waals surface area contributed by atoms with E-state index in [0.29, 0.717) is 11.4 Å². The lowest BCUT2D eigenvalue weighted by molar-refractivity contribution is 0.112. The first-order valence-corrected chi connectivity index (χ1v) is 3.88. The van der Waals surface area contributed by atoms with Crippen LogP contribution in [0.25, 0.3) is 0 Å². The standard InChI is InChI=1S/C8H12N2O2/c1-3-4-10-5-7(6-11)8(9-10)12-2/h5-6H,3-4H2,1-2H3. The van der Waals surface area contributed by atoms with Gasteiger partial charge in [-0.2, -0.15) is 0 Å². The lowest BCUT2D eigenvalue weighted by atomic mass is 10.4. The molecule has 1 aromatic heterocycles. The maximum Gasteiger partial charge on any atom is 0.243 e. The number of methoxy groups -OCH3 is 1. The van der Waals surface area contributed by atoms with E-state index in [0.717, 1.165) is 19.3 Å². The van der Waals surface area contributed by atoms with Crippen LogP contribution in [0.1, 0.15) is 23.7 Å². The van der Waals surface area contributed by atoms with Crippen molar-refractivity contribution in [2.45, 2.75) is 19.9 Å². The predicted octanol–water partition coefficient (Wildman–Crippen LogP) is 1.11. The molecule has 0 unspecified atom stereocenters. The fraction of sp³-hybridized carbons (Fsp3) is 0.500.